The first-order valence-corrected chi connectivity index (χ1v) is 14.5. The Morgan fingerprint density at radius 1 is 0.244 bits per heavy atom. The highest BCUT2D eigenvalue weighted by Gasteiger charge is 2.29. The zero-order valence-corrected chi connectivity index (χ0v) is 23.4. The molecule has 0 spiro atoms. The Bertz CT molecular complexity index is 2540. The van der Waals surface area contributed by atoms with Crippen molar-refractivity contribution >= 4 is 64.6 Å². The largest absolute Gasteiger partial charge is 0.203 e. The van der Waals surface area contributed by atoms with Gasteiger partial charge in [-0.1, -0.05) is 103 Å². The van der Waals surface area contributed by atoms with E-state index in [0.29, 0.717) is 21.5 Å². The summed E-state index contributed by atoms with van der Waals surface area (Å²) in [4.78, 5) is 0. The Morgan fingerprint density at radius 3 is 0.978 bits per heavy atom. The molecule has 214 valence electrons. The molecule has 0 heterocycles. The van der Waals surface area contributed by atoms with E-state index >= 15 is 8.78 Å². The van der Waals surface area contributed by atoms with Gasteiger partial charge >= 0.3 is 0 Å². The van der Waals surface area contributed by atoms with Crippen LogP contribution in [0, 0.1) is 29.1 Å². The topological polar surface area (TPSA) is 0 Å². The molecular formula is C40H19F5. The third kappa shape index (κ3) is 3.41. The lowest BCUT2D eigenvalue weighted by Gasteiger charge is -2.19. The number of hydrogen-bond acceptors (Lipinski definition) is 0. The summed E-state index contributed by atoms with van der Waals surface area (Å²) in [5, 5.41) is 9.48. The molecule has 9 aromatic carbocycles. The molecule has 0 amide bonds. The summed E-state index contributed by atoms with van der Waals surface area (Å²) in [6.45, 7) is 0. The van der Waals surface area contributed by atoms with Crippen molar-refractivity contribution in [1.29, 1.82) is 0 Å². The van der Waals surface area contributed by atoms with E-state index in [1.54, 1.807) is 24.3 Å². The highest BCUT2D eigenvalue weighted by molar-refractivity contribution is 6.31. The van der Waals surface area contributed by atoms with E-state index in [4.69, 9.17) is 0 Å². The minimum atomic E-state index is -2.18. The molecule has 0 aliphatic carbocycles. The molecule has 9 aromatic rings. The van der Waals surface area contributed by atoms with Crippen molar-refractivity contribution in [1.82, 2.24) is 0 Å². The third-order valence-electron chi connectivity index (χ3n) is 9.18. The molecule has 0 unspecified atom stereocenters. The smallest absolute Gasteiger partial charge is 0.200 e. The Hall–Kier alpha value is -5.55. The first-order valence-electron chi connectivity index (χ1n) is 14.5. The van der Waals surface area contributed by atoms with Gasteiger partial charge in [-0.25, -0.2) is 22.0 Å². The molecule has 0 nitrogen and oxygen atoms in total. The Kier molecular flexibility index (Phi) is 5.31. The van der Waals surface area contributed by atoms with Crippen LogP contribution in [0.15, 0.2) is 115 Å². The van der Waals surface area contributed by atoms with Crippen LogP contribution < -0.4 is 0 Å². The molecule has 0 aromatic heterocycles. The molecule has 0 fully saturated rings. The van der Waals surface area contributed by atoms with E-state index in [9.17, 15) is 13.2 Å². The Labute approximate surface area is 252 Å². The van der Waals surface area contributed by atoms with Crippen LogP contribution in [-0.2, 0) is 0 Å². The second kappa shape index (κ2) is 9.23. The predicted molar refractivity (Wildman–Crippen MR) is 173 cm³/mol. The SMILES string of the molecule is Fc1c(F)c(F)c(-c2c3cccc4c3cc3c2cccc3c2cccc3c(-c5ccccc5)c5cccc4c5cc32)c(F)c1F. The summed E-state index contributed by atoms with van der Waals surface area (Å²) >= 11 is 0. The lowest BCUT2D eigenvalue weighted by molar-refractivity contribution is 0.381. The molecule has 0 saturated heterocycles. The minimum absolute atomic E-state index is 0.0347. The molecular weight excluding hydrogens is 575 g/mol. The van der Waals surface area contributed by atoms with Gasteiger partial charge in [0.1, 0.15) is 0 Å². The fourth-order valence-electron chi connectivity index (χ4n) is 7.28. The van der Waals surface area contributed by atoms with E-state index in [1.165, 1.54) is 0 Å². The summed E-state index contributed by atoms with van der Waals surface area (Å²) in [6.07, 6.45) is 0. The highest BCUT2D eigenvalue weighted by Crippen LogP contribution is 2.47. The molecule has 0 N–H and O–H groups in total. The molecule has 0 aliphatic heterocycles. The predicted octanol–water partition coefficient (Wildman–Crippen LogP) is 12.1. The van der Waals surface area contributed by atoms with Crippen molar-refractivity contribution in [2.24, 2.45) is 0 Å². The van der Waals surface area contributed by atoms with E-state index in [-0.39, 0.29) is 5.56 Å². The number of halogens is 5. The van der Waals surface area contributed by atoms with Crippen LogP contribution in [0.3, 0.4) is 0 Å². The maximum Gasteiger partial charge on any atom is 0.200 e. The molecule has 12 bridgehead atoms. The van der Waals surface area contributed by atoms with Crippen LogP contribution in [-0.4, -0.2) is 0 Å². The van der Waals surface area contributed by atoms with Gasteiger partial charge < -0.3 is 0 Å². The van der Waals surface area contributed by atoms with Crippen LogP contribution in [0.1, 0.15) is 0 Å². The Balaban J connectivity index is 1.63. The zero-order chi connectivity index (χ0) is 30.6. The van der Waals surface area contributed by atoms with Crippen molar-refractivity contribution in [3.63, 3.8) is 0 Å². The maximum absolute atomic E-state index is 15.6. The average molecular weight is 595 g/mol. The van der Waals surface area contributed by atoms with E-state index in [2.05, 4.69) is 30.3 Å². The fourth-order valence-corrected chi connectivity index (χ4v) is 7.28. The van der Waals surface area contributed by atoms with E-state index in [0.717, 1.165) is 54.2 Å². The van der Waals surface area contributed by atoms with Crippen LogP contribution in [0.5, 0.6) is 0 Å². The lowest BCUT2D eigenvalue weighted by Crippen LogP contribution is -2.05. The standard InChI is InChI=1S/C40H19F5/c41-36-35(37(42)39(44)40(45)38(36)43)34-27-16-6-12-23-21-10-4-14-25-29(21)18-30-22(24-13-7-17-28(34)32(24)19-31(23)27)11-5-15-26(30)33(25)20-8-2-1-3-9-20/h1-19H. The quantitative estimate of drug-likeness (QED) is 0.0808. The van der Waals surface area contributed by atoms with Crippen LogP contribution in [0.25, 0.3) is 86.9 Å². The van der Waals surface area contributed by atoms with Gasteiger partial charge in [0.15, 0.2) is 23.3 Å². The van der Waals surface area contributed by atoms with Gasteiger partial charge in [-0.2, -0.15) is 0 Å². The lowest BCUT2D eigenvalue weighted by atomic mass is 9.85. The first-order chi connectivity index (χ1) is 21.9. The monoisotopic (exact) mass is 594 g/mol. The molecule has 0 atom stereocenters. The normalized spacial score (nSPS) is 12.1. The number of fused-ring (bicyclic) bond motifs is 2. The minimum Gasteiger partial charge on any atom is -0.203 e. The van der Waals surface area contributed by atoms with Gasteiger partial charge in [-0.05, 0) is 87.9 Å². The first kappa shape index (κ1) is 25.9. The van der Waals surface area contributed by atoms with Gasteiger partial charge in [0, 0.05) is 5.56 Å². The summed E-state index contributed by atoms with van der Waals surface area (Å²) in [7, 11) is 0. The van der Waals surface area contributed by atoms with Crippen molar-refractivity contribution in [2.75, 3.05) is 0 Å². The number of benzene rings is 8. The second-order valence-corrected chi connectivity index (χ2v) is 11.4. The molecule has 5 heteroatoms. The molecule has 9 rings (SSSR count). The van der Waals surface area contributed by atoms with Gasteiger partial charge in [-0.3, -0.25) is 0 Å². The van der Waals surface area contributed by atoms with Gasteiger partial charge in [0.25, 0.3) is 0 Å². The number of hydrogen-bond donors (Lipinski definition) is 0. The molecule has 0 saturated carbocycles. The van der Waals surface area contributed by atoms with E-state index < -0.39 is 34.6 Å². The van der Waals surface area contributed by atoms with Crippen LogP contribution in [0.4, 0.5) is 22.0 Å². The Morgan fingerprint density at radius 2 is 0.578 bits per heavy atom. The fraction of sp³-hybridized carbons (Fsp3) is 0. The van der Waals surface area contributed by atoms with Gasteiger partial charge in [-0.15, -0.1) is 0 Å². The van der Waals surface area contributed by atoms with Crippen LogP contribution >= 0.6 is 0 Å². The maximum atomic E-state index is 15.6. The van der Waals surface area contributed by atoms with Crippen molar-refractivity contribution < 1.29 is 22.0 Å². The van der Waals surface area contributed by atoms with Crippen molar-refractivity contribution in [2.45, 2.75) is 0 Å². The van der Waals surface area contributed by atoms with Gasteiger partial charge in [0.2, 0.25) is 5.82 Å². The van der Waals surface area contributed by atoms with Gasteiger partial charge in [0.05, 0.1) is 5.56 Å². The summed E-state index contributed by atoms with van der Waals surface area (Å²) < 4.78 is 74.8. The highest BCUT2D eigenvalue weighted by atomic mass is 19.2. The van der Waals surface area contributed by atoms with Crippen molar-refractivity contribution in [3.8, 4) is 22.3 Å². The molecule has 45 heavy (non-hydrogen) atoms. The molecule has 0 radical (unpaired) electrons. The average Bonchev–Trinajstić information content (AvgIpc) is 3.08. The second-order valence-electron chi connectivity index (χ2n) is 11.4. The summed E-state index contributed by atoms with van der Waals surface area (Å²) in [6, 6.07) is 37.3. The third-order valence-corrected chi connectivity index (χ3v) is 9.18. The number of rotatable bonds is 2. The summed E-state index contributed by atoms with van der Waals surface area (Å²) in [5.41, 5.74) is 1.20. The molecule has 0 aliphatic rings. The van der Waals surface area contributed by atoms with Crippen molar-refractivity contribution in [3.05, 3.63) is 144 Å². The van der Waals surface area contributed by atoms with E-state index in [1.807, 2.05) is 60.7 Å². The summed E-state index contributed by atoms with van der Waals surface area (Å²) in [5.74, 6) is -9.84. The van der Waals surface area contributed by atoms with Crippen LogP contribution in [0.2, 0.25) is 0 Å². The zero-order valence-electron chi connectivity index (χ0n) is 23.4.